The van der Waals surface area contributed by atoms with Gasteiger partial charge >= 0.3 is 7.12 Å². The summed E-state index contributed by atoms with van der Waals surface area (Å²) in [5.41, 5.74) is 6.13. The van der Waals surface area contributed by atoms with Crippen molar-refractivity contribution in [3.05, 3.63) is 71.0 Å². The van der Waals surface area contributed by atoms with E-state index in [1.54, 1.807) is 18.2 Å². The maximum atomic E-state index is 12.2. The first-order chi connectivity index (χ1) is 17.4. The fourth-order valence-electron chi connectivity index (χ4n) is 4.75. The van der Waals surface area contributed by atoms with Crippen LogP contribution < -0.4 is 16.1 Å². The molecule has 1 amide bonds. The normalized spacial score (nSPS) is 12.6. The number of hydrogen-bond donors (Lipinski definition) is 4. The first-order valence-corrected chi connectivity index (χ1v) is 12.5. The van der Waals surface area contributed by atoms with Crippen LogP contribution >= 0.6 is 11.6 Å². The van der Waals surface area contributed by atoms with Crippen LogP contribution in [0, 0.1) is 6.92 Å². The SMILES string of the molecule is Cc1cc2c(NC(=O)CCCl)cccc2n1-c1nc2c(c(NCc3cccc(B(O)O)c3)n1)CCC2. The molecule has 1 aliphatic rings. The summed E-state index contributed by atoms with van der Waals surface area (Å²) in [7, 11) is -1.51. The topological polar surface area (TPSA) is 112 Å². The van der Waals surface area contributed by atoms with Crippen molar-refractivity contribution in [3.63, 3.8) is 0 Å². The van der Waals surface area contributed by atoms with Gasteiger partial charge in [0, 0.05) is 35.5 Å². The Balaban J connectivity index is 1.51. The predicted molar refractivity (Wildman–Crippen MR) is 143 cm³/mol. The van der Waals surface area contributed by atoms with Crippen LogP contribution in [0.1, 0.15) is 35.4 Å². The van der Waals surface area contributed by atoms with Crippen LogP contribution in [0.2, 0.25) is 0 Å². The van der Waals surface area contributed by atoms with E-state index < -0.39 is 7.12 Å². The molecule has 0 aliphatic heterocycles. The van der Waals surface area contributed by atoms with Crippen molar-refractivity contribution < 1.29 is 14.8 Å². The zero-order valence-corrected chi connectivity index (χ0v) is 20.7. The number of benzene rings is 2. The molecule has 0 saturated carbocycles. The molecule has 36 heavy (non-hydrogen) atoms. The average molecular weight is 504 g/mol. The minimum absolute atomic E-state index is 0.124. The maximum Gasteiger partial charge on any atom is 0.488 e. The van der Waals surface area contributed by atoms with Crippen molar-refractivity contribution >= 4 is 52.5 Å². The van der Waals surface area contributed by atoms with Gasteiger partial charge in [0.05, 0.1) is 16.9 Å². The fraction of sp³-hybridized carbons (Fsp3) is 0.269. The Morgan fingerprint density at radius 3 is 2.78 bits per heavy atom. The highest BCUT2D eigenvalue weighted by molar-refractivity contribution is 6.58. The lowest BCUT2D eigenvalue weighted by molar-refractivity contribution is -0.115. The van der Waals surface area contributed by atoms with Crippen molar-refractivity contribution in [2.45, 2.75) is 39.2 Å². The van der Waals surface area contributed by atoms with Crippen molar-refractivity contribution in [1.29, 1.82) is 0 Å². The number of alkyl halides is 1. The summed E-state index contributed by atoms with van der Waals surface area (Å²) in [6.07, 6.45) is 3.08. The second-order valence-electron chi connectivity index (χ2n) is 8.97. The van der Waals surface area contributed by atoms with E-state index in [1.807, 2.05) is 41.8 Å². The number of nitrogens with one attached hydrogen (secondary N) is 2. The van der Waals surface area contributed by atoms with Gasteiger partial charge in [0.2, 0.25) is 11.9 Å². The lowest BCUT2D eigenvalue weighted by atomic mass is 9.79. The van der Waals surface area contributed by atoms with E-state index >= 15 is 0 Å². The Labute approximate surface area is 214 Å². The number of halogens is 1. The first kappa shape index (κ1) is 24.3. The monoisotopic (exact) mass is 503 g/mol. The van der Waals surface area contributed by atoms with Gasteiger partial charge < -0.3 is 20.7 Å². The Kier molecular flexibility index (Phi) is 6.96. The van der Waals surface area contributed by atoms with Crippen LogP contribution in [0.15, 0.2) is 48.5 Å². The van der Waals surface area contributed by atoms with E-state index in [9.17, 15) is 14.8 Å². The molecular formula is C26H27BClN5O3. The molecule has 184 valence electrons. The minimum Gasteiger partial charge on any atom is -0.423 e. The maximum absolute atomic E-state index is 12.2. The third-order valence-corrected chi connectivity index (χ3v) is 6.65. The molecule has 0 spiro atoms. The van der Waals surface area contributed by atoms with E-state index in [4.69, 9.17) is 21.6 Å². The molecule has 0 radical (unpaired) electrons. The molecule has 10 heteroatoms. The largest absolute Gasteiger partial charge is 0.488 e. The molecule has 0 fully saturated rings. The molecule has 2 aromatic carbocycles. The minimum atomic E-state index is -1.51. The zero-order valence-electron chi connectivity index (χ0n) is 20.0. The molecule has 0 unspecified atom stereocenters. The van der Waals surface area contributed by atoms with Gasteiger partial charge in [-0.3, -0.25) is 9.36 Å². The summed E-state index contributed by atoms with van der Waals surface area (Å²) in [5.74, 6) is 1.51. The molecule has 4 N–H and O–H groups in total. The lowest BCUT2D eigenvalue weighted by Gasteiger charge is -2.15. The number of aryl methyl sites for hydroxylation is 2. The van der Waals surface area contributed by atoms with E-state index in [-0.39, 0.29) is 18.2 Å². The number of rotatable bonds is 8. The zero-order chi connectivity index (χ0) is 25.2. The molecule has 0 saturated heterocycles. The van der Waals surface area contributed by atoms with Crippen LogP contribution in [0.3, 0.4) is 0 Å². The number of carbonyl (C=O) groups excluding carboxylic acids is 1. The summed E-state index contributed by atoms with van der Waals surface area (Å²) in [6.45, 7) is 2.49. The molecule has 2 aromatic heterocycles. The Hall–Kier alpha value is -3.40. The van der Waals surface area contributed by atoms with Crippen LogP contribution in [0.4, 0.5) is 11.5 Å². The second-order valence-corrected chi connectivity index (χ2v) is 9.35. The van der Waals surface area contributed by atoms with Crippen molar-refractivity contribution in [2.75, 3.05) is 16.5 Å². The molecular weight excluding hydrogens is 477 g/mol. The van der Waals surface area contributed by atoms with Gasteiger partial charge in [0.15, 0.2) is 0 Å². The number of nitrogens with zero attached hydrogens (tertiary/aromatic N) is 3. The number of carbonyl (C=O) groups is 1. The number of hydrogen-bond acceptors (Lipinski definition) is 6. The summed E-state index contributed by atoms with van der Waals surface area (Å²) in [5, 5.41) is 26.3. The van der Waals surface area contributed by atoms with E-state index in [2.05, 4.69) is 10.6 Å². The summed E-state index contributed by atoms with van der Waals surface area (Å²) >= 11 is 5.73. The number of amides is 1. The van der Waals surface area contributed by atoms with E-state index in [1.165, 1.54) is 0 Å². The highest BCUT2D eigenvalue weighted by atomic mass is 35.5. The smallest absolute Gasteiger partial charge is 0.423 e. The average Bonchev–Trinajstić information content (AvgIpc) is 3.47. The third-order valence-electron chi connectivity index (χ3n) is 6.46. The molecule has 4 aromatic rings. The van der Waals surface area contributed by atoms with Crippen LogP contribution in [-0.4, -0.2) is 43.5 Å². The molecule has 5 rings (SSSR count). The van der Waals surface area contributed by atoms with E-state index in [0.717, 1.165) is 64.2 Å². The third kappa shape index (κ3) is 4.82. The number of aromatic nitrogens is 3. The van der Waals surface area contributed by atoms with Crippen molar-refractivity contribution in [3.8, 4) is 5.95 Å². The predicted octanol–water partition coefficient (Wildman–Crippen LogP) is 3.08. The van der Waals surface area contributed by atoms with Crippen molar-refractivity contribution in [1.82, 2.24) is 14.5 Å². The Morgan fingerprint density at radius 2 is 1.97 bits per heavy atom. The quantitative estimate of drug-likeness (QED) is 0.217. The van der Waals surface area contributed by atoms with E-state index in [0.29, 0.717) is 18.0 Å². The molecule has 8 nitrogen and oxygen atoms in total. The number of anilines is 2. The highest BCUT2D eigenvalue weighted by Gasteiger charge is 2.22. The van der Waals surface area contributed by atoms with Crippen LogP contribution in [0.5, 0.6) is 0 Å². The molecule has 1 aliphatic carbocycles. The van der Waals surface area contributed by atoms with Crippen LogP contribution in [-0.2, 0) is 24.2 Å². The standard InChI is InChI=1S/C26H27BClN5O3/c1-16-13-20-22(30-24(34)11-12-28)9-4-10-23(20)33(16)26-31-21-8-3-7-19(21)25(32-26)29-15-17-5-2-6-18(14-17)27(35)36/h2,4-6,9-10,13-14,35-36H,3,7-8,11-12,15H2,1H3,(H,30,34)(H,29,31,32). The first-order valence-electron chi connectivity index (χ1n) is 12.0. The Morgan fingerprint density at radius 1 is 1.14 bits per heavy atom. The van der Waals surface area contributed by atoms with Crippen LogP contribution in [0.25, 0.3) is 16.9 Å². The number of fused-ring (bicyclic) bond motifs is 2. The summed E-state index contributed by atoms with van der Waals surface area (Å²) < 4.78 is 2.01. The molecule has 2 heterocycles. The van der Waals surface area contributed by atoms with Gasteiger partial charge in [-0.05, 0) is 55.4 Å². The van der Waals surface area contributed by atoms with Gasteiger partial charge in [0.1, 0.15) is 5.82 Å². The fourth-order valence-corrected chi connectivity index (χ4v) is 4.92. The van der Waals surface area contributed by atoms with Crippen molar-refractivity contribution in [2.24, 2.45) is 0 Å². The second kappa shape index (κ2) is 10.3. The summed E-state index contributed by atoms with van der Waals surface area (Å²) in [4.78, 5) is 22.0. The molecule has 0 bridgehead atoms. The van der Waals surface area contributed by atoms with Gasteiger partial charge in [-0.15, -0.1) is 11.6 Å². The van der Waals surface area contributed by atoms with Gasteiger partial charge in [-0.2, -0.15) is 4.98 Å². The van der Waals surface area contributed by atoms with Gasteiger partial charge in [-0.25, -0.2) is 4.98 Å². The molecule has 0 atom stereocenters. The van der Waals surface area contributed by atoms with Gasteiger partial charge in [0.25, 0.3) is 0 Å². The lowest BCUT2D eigenvalue weighted by Crippen LogP contribution is -2.30. The highest BCUT2D eigenvalue weighted by Crippen LogP contribution is 2.32. The van der Waals surface area contributed by atoms with Gasteiger partial charge in [-0.1, -0.05) is 30.3 Å². The summed E-state index contributed by atoms with van der Waals surface area (Å²) in [6, 6.07) is 15.0. The Bertz CT molecular complexity index is 1440.